The fourth-order valence-corrected chi connectivity index (χ4v) is 1.29. The maximum absolute atomic E-state index is 5.54. The minimum atomic E-state index is 0.794. The summed E-state index contributed by atoms with van der Waals surface area (Å²) in [5.41, 5.74) is 1.25. The predicted octanol–water partition coefficient (Wildman–Crippen LogP) is 4.09. The lowest BCUT2D eigenvalue weighted by Crippen LogP contribution is -2.07. The second-order valence-corrected chi connectivity index (χ2v) is 3.96. The van der Waals surface area contributed by atoms with Crippen LogP contribution >= 0.6 is 11.6 Å². The van der Waals surface area contributed by atoms with Gasteiger partial charge in [-0.3, -0.25) is 0 Å². The first-order valence-corrected chi connectivity index (χ1v) is 5.51. The van der Waals surface area contributed by atoms with Crippen molar-refractivity contribution in [2.24, 2.45) is 0 Å². The summed E-state index contributed by atoms with van der Waals surface area (Å²) in [6.45, 7) is 0. The highest BCUT2D eigenvalue weighted by atomic mass is 35.5. The number of rotatable bonds is 1. The third-order valence-electron chi connectivity index (χ3n) is 2.01. The monoisotopic (exact) mass is 233 g/mol. The number of benzene rings is 2. The summed E-state index contributed by atoms with van der Waals surface area (Å²) in [4.78, 5) is 2.08. The molecule has 0 aromatic heterocycles. The van der Waals surface area contributed by atoms with Crippen molar-refractivity contribution in [2.45, 2.75) is 0 Å². The topological polar surface area (TPSA) is 3.24 Å². The molecule has 0 amide bonds. The molecule has 0 spiro atoms. The molecule has 0 fully saturated rings. The maximum Gasteiger partial charge on any atom is 0.0405 e. The summed E-state index contributed by atoms with van der Waals surface area (Å²) in [5.74, 6) is 0. The summed E-state index contributed by atoms with van der Waals surface area (Å²) >= 11 is 5.54. The van der Waals surface area contributed by atoms with Crippen LogP contribution in [0.2, 0.25) is 5.02 Å². The van der Waals surface area contributed by atoms with E-state index in [0.29, 0.717) is 0 Å². The maximum atomic E-state index is 5.54. The molecular weight excluding hydrogens is 218 g/mol. The Hall–Kier alpha value is -1.47. The zero-order valence-corrected chi connectivity index (χ0v) is 10.4. The molecule has 0 aliphatic heterocycles. The van der Waals surface area contributed by atoms with E-state index < -0.39 is 0 Å². The van der Waals surface area contributed by atoms with Gasteiger partial charge in [0, 0.05) is 24.8 Å². The van der Waals surface area contributed by atoms with Gasteiger partial charge < -0.3 is 4.90 Å². The van der Waals surface area contributed by atoms with Crippen LogP contribution in [-0.2, 0) is 0 Å². The van der Waals surface area contributed by atoms with Crippen molar-refractivity contribution in [1.29, 1.82) is 0 Å². The summed E-state index contributed by atoms with van der Waals surface area (Å²) in [5, 5.41) is 0.794. The molecule has 84 valence electrons. The van der Waals surface area contributed by atoms with Crippen molar-refractivity contribution < 1.29 is 0 Å². The molecule has 2 heteroatoms. The van der Waals surface area contributed by atoms with E-state index in [1.54, 1.807) is 0 Å². The van der Waals surface area contributed by atoms with Crippen LogP contribution in [0, 0.1) is 0 Å². The Morgan fingerprint density at radius 1 is 0.750 bits per heavy atom. The number of halogens is 1. The van der Waals surface area contributed by atoms with Crippen molar-refractivity contribution in [3.8, 4) is 0 Å². The van der Waals surface area contributed by atoms with Crippen molar-refractivity contribution in [3.05, 3.63) is 65.7 Å². The first kappa shape index (κ1) is 12.6. The fraction of sp³-hybridized carbons (Fsp3) is 0.143. The molecule has 0 N–H and O–H groups in total. The van der Waals surface area contributed by atoms with Crippen molar-refractivity contribution in [1.82, 2.24) is 0 Å². The number of anilines is 1. The molecule has 2 rings (SSSR count). The van der Waals surface area contributed by atoms with Crippen LogP contribution in [0.1, 0.15) is 0 Å². The van der Waals surface area contributed by atoms with Gasteiger partial charge in [-0.1, -0.05) is 48.0 Å². The highest BCUT2D eigenvalue weighted by Crippen LogP contribution is 2.07. The Labute approximate surface area is 102 Å². The molecule has 0 atom stereocenters. The van der Waals surface area contributed by atoms with E-state index >= 15 is 0 Å². The third kappa shape index (κ3) is 4.85. The van der Waals surface area contributed by atoms with Crippen LogP contribution in [0.15, 0.2) is 60.7 Å². The molecule has 0 radical (unpaired) electrons. The van der Waals surface area contributed by atoms with E-state index in [0.717, 1.165) is 5.02 Å². The zero-order chi connectivity index (χ0) is 11.8. The number of hydrogen-bond donors (Lipinski definition) is 0. The van der Waals surface area contributed by atoms with Gasteiger partial charge >= 0.3 is 0 Å². The largest absolute Gasteiger partial charge is 0.378 e. The second-order valence-electron chi connectivity index (χ2n) is 3.53. The lowest BCUT2D eigenvalue weighted by molar-refractivity contribution is 1.13. The van der Waals surface area contributed by atoms with Gasteiger partial charge in [0.15, 0.2) is 0 Å². The first-order chi connectivity index (χ1) is 7.70. The van der Waals surface area contributed by atoms with Crippen molar-refractivity contribution >= 4 is 17.3 Å². The average Bonchev–Trinajstić information content (AvgIpc) is 2.32. The summed E-state index contributed by atoms with van der Waals surface area (Å²) in [6, 6.07) is 19.7. The van der Waals surface area contributed by atoms with Crippen LogP contribution < -0.4 is 4.90 Å². The van der Waals surface area contributed by atoms with E-state index in [-0.39, 0.29) is 0 Å². The van der Waals surface area contributed by atoms with E-state index in [9.17, 15) is 0 Å². The Balaban J connectivity index is 0.000000165. The Bertz CT molecular complexity index is 384. The van der Waals surface area contributed by atoms with Gasteiger partial charge in [0.25, 0.3) is 0 Å². The smallest absolute Gasteiger partial charge is 0.0405 e. The van der Waals surface area contributed by atoms with Gasteiger partial charge in [-0.25, -0.2) is 0 Å². The van der Waals surface area contributed by atoms with Gasteiger partial charge in [-0.05, 0) is 24.3 Å². The normalized spacial score (nSPS) is 8.94. The van der Waals surface area contributed by atoms with Gasteiger partial charge in [0.2, 0.25) is 0 Å². The van der Waals surface area contributed by atoms with Crippen LogP contribution in [0.3, 0.4) is 0 Å². The molecule has 0 bridgehead atoms. The standard InChI is InChI=1S/C8H11N.C6H5Cl/c1-9(2)8-6-4-3-5-7-8;7-6-4-2-1-3-5-6/h3-7H,1-2H3;1-5H. The van der Waals surface area contributed by atoms with Crippen molar-refractivity contribution in [3.63, 3.8) is 0 Å². The lowest BCUT2D eigenvalue weighted by Gasteiger charge is -2.10. The van der Waals surface area contributed by atoms with Crippen LogP contribution in [-0.4, -0.2) is 14.1 Å². The predicted molar refractivity (Wildman–Crippen MR) is 72.2 cm³/mol. The third-order valence-corrected chi connectivity index (χ3v) is 2.26. The van der Waals surface area contributed by atoms with Crippen molar-refractivity contribution in [2.75, 3.05) is 19.0 Å². The van der Waals surface area contributed by atoms with E-state index in [4.69, 9.17) is 11.6 Å². The van der Waals surface area contributed by atoms with Crippen LogP contribution in [0.25, 0.3) is 0 Å². The molecule has 0 unspecified atom stereocenters. The molecule has 1 nitrogen and oxygen atoms in total. The van der Waals surface area contributed by atoms with Gasteiger partial charge in [-0.2, -0.15) is 0 Å². The molecule has 2 aromatic rings. The number of para-hydroxylation sites is 1. The summed E-state index contributed by atoms with van der Waals surface area (Å²) < 4.78 is 0. The number of nitrogens with zero attached hydrogens (tertiary/aromatic N) is 1. The van der Waals surface area contributed by atoms with Gasteiger partial charge in [0.05, 0.1) is 0 Å². The fourth-order valence-electron chi connectivity index (χ4n) is 1.14. The molecule has 0 saturated heterocycles. The highest BCUT2D eigenvalue weighted by molar-refractivity contribution is 6.30. The molecule has 0 heterocycles. The van der Waals surface area contributed by atoms with E-state index in [1.807, 2.05) is 62.6 Å². The molecule has 0 saturated carbocycles. The summed E-state index contributed by atoms with van der Waals surface area (Å²) in [7, 11) is 4.07. The van der Waals surface area contributed by atoms with Crippen LogP contribution in [0.4, 0.5) is 5.69 Å². The zero-order valence-electron chi connectivity index (χ0n) is 9.60. The second kappa shape index (κ2) is 6.91. The highest BCUT2D eigenvalue weighted by Gasteiger charge is 1.87. The minimum absolute atomic E-state index is 0.794. The summed E-state index contributed by atoms with van der Waals surface area (Å²) in [6.07, 6.45) is 0. The molecular formula is C14H16ClN. The van der Waals surface area contributed by atoms with Crippen LogP contribution in [0.5, 0.6) is 0 Å². The average molecular weight is 234 g/mol. The Morgan fingerprint density at radius 2 is 1.19 bits per heavy atom. The minimum Gasteiger partial charge on any atom is -0.378 e. The Morgan fingerprint density at radius 3 is 1.44 bits per heavy atom. The molecule has 0 aliphatic rings. The quantitative estimate of drug-likeness (QED) is 0.717. The van der Waals surface area contributed by atoms with Gasteiger partial charge in [-0.15, -0.1) is 0 Å². The number of hydrogen-bond acceptors (Lipinski definition) is 1. The first-order valence-electron chi connectivity index (χ1n) is 5.13. The Kier molecular flexibility index (Phi) is 5.44. The molecule has 16 heavy (non-hydrogen) atoms. The lowest BCUT2D eigenvalue weighted by atomic mass is 10.3. The van der Waals surface area contributed by atoms with E-state index in [2.05, 4.69) is 17.0 Å². The van der Waals surface area contributed by atoms with Gasteiger partial charge in [0.1, 0.15) is 0 Å². The van der Waals surface area contributed by atoms with E-state index in [1.165, 1.54) is 5.69 Å². The SMILES string of the molecule is CN(C)c1ccccc1.Clc1ccccc1. The molecule has 0 aliphatic carbocycles. The molecule has 2 aromatic carbocycles.